The molecule has 1 fully saturated rings. The second kappa shape index (κ2) is 6.64. The molecule has 0 saturated heterocycles. The van der Waals surface area contributed by atoms with Gasteiger partial charge in [-0.3, -0.25) is 4.79 Å². The van der Waals surface area contributed by atoms with E-state index in [1.54, 1.807) is 12.1 Å². The number of rotatable bonds is 3. The maximum absolute atomic E-state index is 13.2. The predicted octanol–water partition coefficient (Wildman–Crippen LogP) is 3.35. The Kier molecular flexibility index (Phi) is 4.42. The molecule has 1 saturated carbocycles. The van der Waals surface area contributed by atoms with E-state index in [-0.39, 0.29) is 17.8 Å². The summed E-state index contributed by atoms with van der Waals surface area (Å²) in [5.41, 5.74) is 1.03. The van der Waals surface area contributed by atoms with E-state index in [1.165, 1.54) is 43.8 Å². The molecule has 1 heterocycles. The number of nitrogens with one attached hydrogen (secondary N) is 1. The van der Waals surface area contributed by atoms with E-state index < -0.39 is 0 Å². The molecular weight excluding hydrogens is 281 g/mol. The summed E-state index contributed by atoms with van der Waals surface area (Å²) in [6.45, 7) is 0. The van der Waals surface area contributed by atoms with E-state index in [0.29, 0.717) is 17.0 Å². The van der Waals surface area contributed by atoms with E-state index >= 15 is 0 Å². The summed E-state index contributed by atoms with van der Waals surface area (Å²) in [5.74, 6) is -0.0633. The first-order chi connectivity index (χ1) is 10.7. The van der Waals surface area contributed by atoms with Crippen LogP contribution < -0.4 is 5.32 Å². The van der Waals surface area contributed by atoms with E-state index in [9.17, 15) is 9.18 Å². The van der Waals surface area contributed by atoms with Gasteiger partial charge < -0.3 is 5.32 Å². The number of nitrogens with zero attached hydrogens (tertiary/aromatic N) is 2. The fraction of sp³-hybridized carbons (Fsp3) is 0.353. The Morgan fingerprint density at radius 2 is 1.86 bits per heavy atom. The topological polar surface area (TPSA) is 54.9 Å². The number of aromatic nitrogens is 2. The summed E-state index contributed by atoms with van der Waals surface area (Å²) in [5, 5.41) is 3.02. The molecule has 114 valence electrons. The van der Waals surface area contributed by atoms with Crippen LogP contribution in [0.4, 0.5) is 4.39 Å². The third-order valence-corrected chi connectivity index (χ3v) is 3.94. The first-order valence-electron chi connectivity index (χ1n) is 7.61. The standard InChI is InChI=1S/C17H18FN3O/c18-14-6-4-5-12(9-14)16-19-10-13(11-20-16)17(22)21-15-7-2-1-3-8-15/h4-6,9-11,15H,1-3,7-8H2,(H,21,22). The number of hydrogen-bond acceptors (Lipinski definition) is 3. The van der Waals surface area contributed by atoms with Crippen LogP contribution in [0.2, 0.25) is 0 Å². The molecule has 1 aromatic carbocycles. The lowest BCUT2D eigenvalue weighted by Gasteiger charge is -2.22. The zero-order chi connectivity index (χ0) is 15.4. The Hall–Kier alpha value is -2.30. The van der Waals surface area contributed by atoms with Gasteiger partial charge in [0.2, 0.25) is 0 Å². The van der Waals surface area contributed by atoms with Gasteiger partial charge in [0.1, 0.15) is 5.82 Å². The average Bonchev–Trinajstić information content (AvgIpc) is 2.56. The van der Waals surface area contributed by atoms with Crippen molar-refractivity contribution in [3.63, 3.8) is 0 Å². The fourth-order valence-corrected chi connectivity index (χ4v) is 2.74. The highest BCUT2D eigenvalue weighted by molar-refractivity contribution is 5.93. The molecule has 0 radical (unpaired) electrons. The second-order valence-electron chi connectivity index (χ2n) is 5.61. The summed E-state index contributed by atoms with van der Waals surface area (Å²) in [6.07, 6.45) is 8.64. The third kappa shape index (κ3) is 3.47. The van der Waals surface area contributed by atoms with Crippen LogP contribution in [-0.4, -0.2) is 21.9 Å². The van der Waals surface area contributed by atoms with E-state index in [0.717, 1.165) is 12.8 Å². The van der Waals surface area contributed by atoms with Gasteiger partial charge in [-0.25, -0.2) is 14.4 Å². The molecule has 5 heteroatoms. The zero-order valence-corrected chi connectivity index (χ0v) is 12.3. The van der Waals surface area contributed by atoms with Crippen molar-refractivity contribution < 1.29 is 9.18 Å². The largest absolute Gasteiger partial charge is 0.349 e. The number of amides is 1. The first kappa shape index (κ1) is 14.6. The molecule has 1 N–H and O–H groups in total. The van der Waals surface area contributed by atoms with Crippen LogP contribution in [0, 0.1) is 5.82 Å². The molecule has 1 aromatic heterocycles. The highest BCUT2D eigenvalue weighted by Gasteiger charge is 2.17. The van der Waals surface area contributed by atoms with Gasteiger partial charge in [-0.1, -0.05) is 31.4 Å². The second-order valence-corrected chi connectivity index (χ2v) is 5.61. The van der Waals surface area contributed by atoms with Crippen molar-refractivity contribution in [3.05, 3.63) is 48.0 Å². The molecule has 2 aromatic rings. The number of benzene rings is 1. The van der Waals surface area contributed by atoms with Crippen molar-refractivity contribution in [3.8, 4) is 11.4 Å². The quantitative estimate of drug-likeness (QED) is 0.945. The van der Waals surface area contributed by atoms with Crippen molar-refractivity contribution in [1.29, 1.82) is 0 Å². The van der Waals surface area contributed by atoms with Gasteiger partial charge in [-0.2, -0.15) is 0 Å². The van der Waals surface area contributed by atoms with Crippen LogP contribution in [-0.2, 0) is 0 Å². The Morgan fingerprint density at radius 3 is 2.55 bits per heavy atom. The minimum atomic E-state index is -0.333. The van der Waals surface area contributed by atoms with Crippen LogP contribution >= 0.6 is 0 Å². The van der Waals surface area contributed by atoms with Crippen molar-refractivity contribution in [2.45, 2.75) is 38.1 Å². The molecule has 0 spiro atoms. The van der Waals surface area contributed by atoms with E-state index in [2.05, 4.69) is 15.3 Å². The monoisotopic (exact) mass is 299 g/mol. The molecule has 1 amide bonds. The SMILES string of the molecule is O=C(NC1CCCCC1)c1cnc(-c2cccc(F)c2)nc1. The van der Waals surface area contributed by atoms with Gasteiger partial charge in [0.05, 0.1) is 5.56 Å². The van der Waals surface area contributed by atoms with Gasteiger partial charge in [-0.15, -0.1) is 0 Å². The Balaban J connectivity index is 1.69. The van der Waals surface area contributed by atoms with Crippen molar-refractivity contribution >= 4 is 5.91 Å². The Labute approximate surface area is 128 Å². The molecule has 22 heavy (non-hydrogen) atoms. The van der Waals surface area contributed by atoms with E-state index in [4.69, 9.17) is 0 Å². The van der Waals surface area contributed by atoms with Crippen LogP contribution in [0.5, 0.6) is 0 Å². The van der Waals surface area contributed by atoms with Crippen molar-refractivity contribution in [2.24, 2.45) is 0 Å². The number of halogens is 1. The van der Waals surface area contributed by atoms with Gasteiger partial charge >= 0.3 is 0 Å². The maximum Gasteiger partial charge on any atom is 0.254 e. The number of carbonyl (C=O) groups excluding carboxylic acids is 1. The smallest absolute Gasteiger partial charge is 0.254 e. The summed E-state index contributed by atoms with van der Waals surface area (Å²) in [7, 11) is 0. The van der Waals surface area contributed by atoms with Gasteiger partial charge in [0.25, 0.3) is 5.91 Å². The summed E-state index contributed by atoms with van der Waals surface area (Å²) >= 11 is 0. The Morgan fingerprint density at radius 1 is 1.14 bits per heavy atom. The van der Waals surface area contributed by atoms with Crippen LogP contribution in [0.1, 0.15) is 42.5 Å². The predicted molar refractivity (Wildman–Crippen MR) is 81.8 cm³/mol. The molecule has 1 aliphatic carbocycles. The van der Waals surface area contributed by atoms with Crippen molar-refractivity contribution in [2.75, 3.05) is 0 Å². The maximum atomic E-state index is 13.2. The van der Waals surface area contributed by atoms with E-state index in [1.807, 2.05) is 0 Å². The number of hydrogen-bond donors (Lipinski definition) is 1. The van der Waals surface area contributed by atoms with Crippen LogP contribution in [0.3, 0.4) is 0 Å². The molecule has 3 rings (SSSR count). The highest BCUT2D eigenvalue weighted by atomic mass is 19.1. The summed E-state index contributed by atoms with van der Waals surface area (Å²) in [6, 6.07) is 6.34. The van der Waals surface area contributed by atoms with Crippen LogP contribution in [0.25, 0.3) is 11.4 Å². The zero-order valence-electron chi connectivity index (χ0n) is 12.3. The molecule has 0 bridgehead atoms. The van der Waals surface area contributed by atoms with Gasteiger partial charge in [0.15, 0.2) is 5.82 Å². The molecule has 0 aliphatic heterocycles. The lowest BCUT2D eigenvalue weighted by molar-refractivity contribution is 0.0927. The molecule has 0 atom stereocenters. The van der Waals surface area contributed by atoms with Crippen molar-refractivity contribution in [1.82, 2.24) is 15.3 Å². The average molecular weight is 299 g/mol. The lowest BCUT2D eigenvalue weighted by Crippen LogP contribution is -2.36. The lowest BCUT2D eigenvalue weighted by atomic mass is 9.95. The normalized spacial score (nSPS) is 15.5. The molecule has 1 aliphatic rings. The summed E-state index contributed by atoms with van der Waals surface area (Å²) in [4.78, 5) is 20.5. The summed E-state index contributed by atoms with van der Waals surface area (Å²) < 4.78 is 13.2. The molecule has 0 unspecified atom stereocenters. The number of carbonyl (C=O) groups is 1. The molecular formula is C17H18FN3O. The third-order valence-electron chi connectivity index (χ3n) is 3.94. The first-order valence-corrected chi connectivity index (χ1v) is 7.61. The Bertz CT molecular complexity index is 651. The van der Waals surface area contributed by atoms with Gasteiger partial charge in [-0.05, 0) is 25.0 Å². The van der Waals surface area contributed by atoms with Gasteiger partial charge in [0, 0.05) is 24.0 Å². The highest BCUT2D eigenvalue weighted by Crippen LogP contribution is 2.18. The minimum Gasteiger partial charge on any atom is -0.349 e. The molecule has 4 nitrogen and oxygen atoms in total. The minimum absolute atomic E-state index is 0.141. The fourth-order valence-electron chi connectivity index (χ4n) is 2.74. The van der Waals surface area contributed by atoms with Crippen LogP contribution in [0.15, 0.2) is 36.7 Å².